The molecule has 66 valence electrons. The lowest BCUT2D eigenvalue weighted by molar-refractivity contribution is 0.475. The molecule has 1 heterocycles. The van der Waals surface area contributed by atoms with Crippen LogP contribution in [0.5, 0.6) is 5.75 Å². The third-order valence-electron chi connectivity index (χ3n) is 1.73. The quantitative estimate of drug-likeness (QED) is 0.819. The van der Waals surface area contributed by atoms with Crippen LogP contribution in [0.15, 0.2) is 40.2 Å². The summed E-state index contributed by atoms with van der Waals surface area (Å²) in [6.07, 6.45) is 0. The summed E-state index contributed by atoms with van der Waals surface area (Å²) in [5.74, 6) is 0.304. The topological polar surface area (TPSA) is 20.2 Å². The third kappa shape index (κ3) is 1.76. The van der Waals surface area contributed by atoms with Crippen LogP contribution in [0.25, 0.3) is 10.4 Å². The molecule has 0 saturated carbocycles. The molecule has 1 aromatic heterocycles. The maximum atomic E-state index is 9.29. The van der Waals surface area contributed by atoms with Gasteiger partial charge in [-0.1, -0.05) is 12.1 Å². The average Bonchev–Trinajstić information content (AvgIpc) is 2.51. The summed E-state index contributed by atoms with van der Waals surface area (Å²) in [6, 6.07) is 9.26. The van der Waals surface area contributed by atoms with E-state index in [1.54, 1.807) is 23.5 Å². The van der Waals surface area contributed by atoms with Gasteiger partial charge in [0.25, 0.3) is 0 Å². The van der Waals surface area contributed by atoms with Crippen molar-refractivity contribution in [3.8, 4) is 16.2 Å². The number of phenolic OH excluding ortho intramolecular Hbond substituents is 1. The molecule has 0 atom stereocenters. The minimum absolute atomic E-state index is 0.304. The number of aromatic hydroxyl groups is 1. The Morgan fingerprint density at radius 3 is 2.69 bits per heavy atom. The molecule has 3 heteroatoms. The summed E-state index contributed by atoms with van der Waals surface area (Å²) in [4.78, 5) is 1.15. The molecule has 0 saturated heterocycles. The highest BCUT2D eigenvalue weighted by Crippen LogP contribution is 2.34. The van der Waals surface area contributed by atoms with Crippen molar-refractivity contribution >= 4 is 27.3 Å². The van der Waals surface area contributed by atoms with Crippen LogP contribution in [0.3, 0.4) is 0 Å². The van der Waals surface area contributed by atoms with E-state index >= 15 is 0 Å². The van der Waals surface area contributed by atoms with Gasteiger partial charge in [0, 0.05) is 9.35 Å². The van der Waals surface area contributed by atoms with Gasteiger partial charge >= 0.3 is 0 Å². The minimum atomic E-state index is 0.304. The van der Waals surface area contributed by atoms with E-state index in [1.807, 2.05) is 23.6 Å². The van der Waals surface area contributed by atoms with E-state index in [0.29, 0.717) is 5.75 Å². The Morgan fingerprint density at radius 2 is 2.08 bits per heavy atom. The average molecular weight is 255 g/mol. The normalized spacial score (nSPS) is 10.2. The van der Waals surface area contributed by atoms with Crippen LogP contribution in [0.1, 0.15) is 0 Å². The number of halogens is 1. The lowest BCUT2D eigenvalue weighted by Gasteiger charge is -1.98. The molecule has 13 heavy (non-hydrogen) atoms. The minimum Gasteiger partial charge on any atom is -0.508 e. The molecule has 0 aliphatic rings. The van der Waals surface area contributed by atoms with Crippen LogP contribution in [-0.4, -0.2) is 5.11 Å². The van der Waals surface area contributed by atoms with Crippen LogP contribution in [0, 0.1) is 0 Å². The van der Waals surface area contributed by atoms with Gasteiger partial charge in [0.05, 0.1) is 0 Å². The Kier molecular flexibility index (Phi) is 2.38. The largest absolute Gasteiger partial charge is 0.508 e. The number of rotatable bonds is 1. The van der Waals surface area contributed by atoms with Crippen LogP contribution >= 0.6 is 27.3 Å². The molecule has 0 radical (unpaired) electrons. The van der Waals surface area contributed by atoms with Crippen molar-refractivity contribution in [2.75, 3.05) is 0 Å². The molecule has 1 N–H and O–H groups in total. The summed E-state index contributed by atoms with van der Waals surface area (Å²) in [5.41, 5.74) is 1.04. The monoisotopic (exact) mass is 254 g/mol. The molecule has 2 aromatic rings. The first-order chi connectivity index (χ1) is 6.27. The standard InChI is InChI=1S/C10H7BrOS/c11-9-4-5-13-10(9)7-2-1-3-8(12)6-7/h1-6,12H. The predicted octanol–water partition coefficient (Wildman–Crippen LogP) is 3.88. The number of benzene rings is 1. The highest BCUT2D eigenvalue weighted by molar-refractivity contribution is 9.10. The molecule has 0 amide bonds. The number of hydrogen-bond acceptors (Lipinski definition) is 2. The summed E-state index contributed by atoms with van der Waals surface area (Å²) in [7, 11) is 0. The second-order valence-electron chi connectivity index (χ2n) is 2.65. The molecule has 0 fully saturated rings. The molecule has 1 nitrogen and oxygen atoms in total. The fourth-order valence-corrected chi connectivity index (χ4v) is 2.75. The van der Waals surface area contributed by atoms with Crippen LogP contribution < -0.4 is 0 Å². The molecule has 0 spiro atoms. The van der Waals surface area contributed by atoms with E-state index in [9.17, 15) is 5.11 Å². The zero-order chi connectivity index (χ0) is 9.26. The van der Waals surface area contributed by atoms with Crippen LogP contribution in [0.2, 0.25) is 0 Å². The van der Waals surface area contributed by atoms with E-state index in [-0.39, 0.29) is 0 Å². The maximum absolute atomic E-state index is 9.29. The van der Waals surface area contributed by atoms with Crippen molar-refractivity contribution in [1.82, 2.24) is 0 Å². The van der Waals surface area contributed by atoms with Gasteiger partial charge in [0.1, 0.15) is 5.75 Å². The molecule has 0 aliphatic heterocycles. The summed E-state index contributed by atoms with van der Waals surface area (Å²) >= 11 is 5.11. The third-order valence-corrected chi connectivity index (χ3v) is 3.61. The first-order valence-corrected chi connectivity index (χ1v) is 5.47. The smallest absolute Gasteiger partial charge is 0.116 e. The molecule has 2 rings (SSSR count). The van der Waals surface area contributed by atoms with E-state index < -0.39 is 0 Å². The Balaban J connectivity index is 2.53. The predicted molar refractivity (Wildman–Crippen MR) is 59.1 cm³/mol. The van der Waals surface area contributed by atoms with Gasteiger partial charge in [0.2, 0.25) is 0 Å². The van der Waals surface area contributed by atoms with Crippen LogP contribution in [-0.2, 0) is 0 Å². The van der Waals surface area contributed by atoms with Crippen molar-refractivity contribution in [2.24, 2.45) is 0 Å². The van der Waals surface area contributed by atoms with Crippen molar-refractivity contribution in [1.29, 1.82) is 0 Å². The van der Waals surface area contributed by atoms with Crippen molar-refractivity contribution in [3.05, 3.63) is 40.2 Å². The zero-order valence-electron chi connectivity index (χ0n) is 6.70. The Labute approximate surface area is 88.8 Å². The van der Waals surface area contributed by atoms with E-state index in [1.165, 1.54) is 0 Å². The molecular weight excluding hydrogens is 248 g/mol. The van der Waals surface area contributed by atoms with Crippen molar-refractivity contribution in [2.45, 2.75) is 0 Å². The number of thiophene rings is 1. The molecular formula is C10H7BrOS. The molecule has 0 bridgehead atoms. The van der Waals surface area contributed by atoms with Gasteiger partial charge in [-0.3, -0.25) is 0 Å². The zero-order valence-corrected chi connectivity index (χ0v) is 9.10. The van der Waals surface area contributed by atoms with E-state index in [0.717, 1.165) is 14.9 Å². The highest BCUT2D eigenvalue weighted by atomic mass is 79.9. The summed E-state index contributed by atoms with van der Waals surface area (Å²) in [6.45, 7) is 0. The second kappa shape index (κ2) is 3.52. The van der Waals surface area contributed by atoms with Gasteiger partial charge in [-0.2, -0.15) is 0 Å². The Morgan fingerprint density at radius 1 is 1.23 bits per heavy atom. The molecule has 1 aromatic carbocycles. The van der Waals surface area contributed by atoms with Gasteiger partial charge < -0.3 is 5.11 Å². The summed E-state index contributed by atoms with van der Waals surface area (Å²) < 4.78 is 1.07. The first kappa shape index (κ1) is 8.78. The second-order valence-corrected chi connectivity index (χ2v) is 4.42. The van der Waals surface area contributed by atoms with Gasteiger partial charge in [-0.15, -0.1) is 11.3 Å². The van der Waals surface area contributed by atoms with E-state index in [2.05, 4.69) is 15.9 Å². The van der Waals surface area contributed by atoms with Crippen LogP contribution in [0.4, 0.5) is 0 Å². The fourth-order valence-electron chi connectivity index (χ4n) is 1.15. The molecule has 0 aliphatic carbocycles. The van der Waals surface area contributed by atoms with Gasteiger partial charge in [-0.05, 0) is 45.1 Å². The number of phenols is 1. The summed E-state index contributed by atoms with van der Waals surface area (Å²) in [5, 5.41) is 11.3. The SMILES string of the molecule is Oc1cccc(-c2sccc2Br)c1. The lowest BCUT2D eigenvalue weighted by Crippen LogP contribution is -1.72. The maximum Gasteiger partial charge on any atom is 0.116 e. The van der Waals surface area contributed by atoms with Gasteiger partial charge in [0.15, 0.2) is 0 Å². The lowest BCUT2D eigenvalue weighted by atomic mass is 10.2. The van der Waals surface area contributed by atoms with Crippen molar-refractivity contribution < 1.29 is 5.11 Å². The highest BCUT2D eigenvalue weighted by Gasteiger charge is 2.04. The fraction of sp³-hybridized carbons (Fsp3) is 0. The van der Waals surface area contributed by atoms with Crippen molar-refractivity contribution in [3.63, 3.8) is 0 Å². The Bertz CT molecular complexity index is 422. The first-order valence-electron chi connectivity index (χ1n) is 3.80. The Hall–Kier alpha value is -0.800. The number of hydrogen-bond donors (Lipinski definition) is 1. The van der Waals surface area contributed by atoms with E-state index in [4.69, 9.17) is 0 Å². The van der Waals surface area contributed by atoms with Gasteiger partial charge in [-0.25, -0.2) is 0 Å². The molecule has 0 unspecified atom stereocenters.